The molecule has 2 unspecified atom stereocenters. The molecular formula is C44H35N3O. The van der Waals surface area contributed by atoms with Crippen molar-refractivity contribution in [3.05, 3.63) is 173 Å². The highest BCUT2D eigenvalue weighted by Gasteiger charge is 2.32. The van der Waals surface area contributed by atoms with Crippen molar-refractivity contribution in [1.29, 1.82) is 5.26 Å². The van der Waals surface area contributed by atoms with Crippen molar-refractivity contribution in [2.24, 2.45) is 0 Å². The van der Waals surface area contributed by atoms with E-state index in [0.29, 0.717) is 12.2 Å². The number of para-hydroxylation sites is 1. The third-order valence-electron chi connectivity index (χ3n) is 10.4. The number of dihydropyridines is 1. The molecule has 48 heavy (non-hydrogen) atoms. The molecule has 2 aliphatic heterocycles. The normalized spacial score (nSPS) is 21.4. The van der Waals surface area contributed by atoms with Crippen LogP contribution in [0.2, 0.25) is 0 Å². The van der Waals surface area contributed by atoms with Crippen molar-refractivity contribution < 1.29 is 4.74 Å². The smallest absolute Gasteiger partial charge is 0.123 e. The molecule has 4 heteroatoms. The number of rotatable bonds is 4. The van der Waals surface area contributed by atoms with Gasteiger partial charge in [0.15, 0.2) is 0 Å². The van der Waals surface area contributed by atoms with Crippen LogP contribution in [0.25, 0.3) is 38.6 Å². The van der Waals surface area contributed by atoms with Crippen molar-refractivity contribution in [2.45, 2.75) is 44.4 Å². The van der Waals surface area contributed by atoms with Gasteiger partial charge in [-0.15, -0.1) is 0 Å². The van der Waals surface area contributed by atoms with E-state index in [1.165, 1.54) is 49.9 Å². The average molecular weight is 622 g/mol. The largest absolute Gasteiger partial charge is 0.489 e. The van der Waals surface area contributed by atoms with Gasteiger partial charge in [-0.05, 0) is 102 Å². The Morgan fingerprint density at radius 2 is 1.77 bits per heavy atom. The summed E-state index contributed by atoms with van der Waals surface area (Å²) >= 11 is 0. The first-order chi connectivity index (χ1) is 23.6. The predicted molar refractivity (Wildman–Crippen MR) is 195 cm³/mol. The minimum atomic E-state index is -0.292. The van der Waals surface area contributed by atoms with Crippen LogP contribution in [0.3, 0.4) is 0 Å². The van der Waals surface area contributed by atoms with Crippen LogP contribution in [0.5, 0.6) is 0 Å². The number of ether oxygens (including phenoxy) is 1. The summed E-state index contributed by atoms with van der Waals surface area (Å²) in [4.78, 5) is 0. The first kappa shape index (κ1) is 28.4. The number of benzene rings is 4. The van der Waals surface area contributed by atoms with Gasteiger partial charge in [-0.3, -0.25) is 0 Å². The molecule has 1 aromatic heterocycles. The maximum atomic E-state index is 9.60. The van der Waals surface area contributed by atoms with Crippen LogP contribution in [-0.2, 0) is 11.3 Å². The Bertz CT molecular complexity index is 2370. The summed E-state index contributed by atoms with van der Waals surface area (Å²) in [6.07, 6.45) is 18.8. The second-order valence-electron chi connectivity index (χ2n) is 13.4. The van der Waals surface area contributed by atoms with E-state index in [-0.39, 0.29) is 11.6 Å². The minimum Gasteiger partial charge on any atom is -0.489 e. The lowest BCUT2D eigenvalue weighted by Gasteiger charge is -2.37. The Morgan fingerprint density at radius 3 is 2.62 bits per heavy atom. The lowest BCUT2D eigenvalue weighted by atomic mass is 9.80. The Morgan fingerprint density at radius 1 is 0.917 bits per heavy atom. The number of nitrogens with zero attached hydrogens (tertiary/aromatic N) is 2. The number of nitriles is 1. The molecule has 0 saturated carbocycles. The van der Waals surface area contributed by atoms with Gasteiger partial charge in [-0.1, -0.05) is 85.0 Å². The van der Waals surface area contributed by atoms with E-state index in [2.05, 4.69) is 144 Å². The summed E-state index contributed by atoms with van der Waals surface area (Å²) in [6, 6.07) is 34.6. The maximum absolute atomic E-state index is 9.60. The van der Waals surface area contributed by atoms with Crippen molar-refractivity contribution in [1.82, 2.24) is 9.88 Å². The summed E-state index contributed by atoms with van der Waals surface area (Å²) in [5.74, 6) is 0.969. The van der Waals surface area contributed by atoms with Crippen molar-refractivity contribution in [2.75, 3.05) is 0 Å². The lowest BCUT2D eigenvalue weighted by Crippen LogP contribution is -2.43. The van der Waals surface area contributed by atoms with E-state index < -0.39 is 0 Å². The number of allylic oxidation sites excluding steroid dienone is 8. The standard InChI is InChI=1S/C44H35N3O/c1-44(34-12-6-3-7-13-34)26-32(24-40(46-44)30-10-4-2-5-11-30)31-17-19-36-33(23-31)28-48-43-21-18-35(25-39(36)43)47-41-15-9-8-14-37(41)38-22-29(27-45)16-20-42(38)47/h2-6,8-12,14-24,26,35,46H,7,13,25,28H2,1H3. The zero-order chi connectivity index (χ0) is 32.2. The maximum Gasteiger partial charge on any atom is 0.123 e. The fourth-order valence-corrected chi connectivity index (χ4v) is 8.01. The molecule has 0 amide bonds. The summed E-state index contributed by atoms with van der Waals surface area (Å²) in [5.41, 5.74) is 12.6. The van der Waals surface area contributed by atoms with E-state index in [1.54, 1.807) is 0 Å². The molecule has 232 valence electrons. The fourth-order valence-electron chi connectivity index (χ4n) is 8.01. The van der Waals surface area contributed by atoms with Gasteiger partial charge < -0.3 is 14.6 Å². The van der Waals surface area contributed by atoms with Gasteiger partial charge in [-0.2, -0.15) is 5.26 Å². The van der Waals surface area contributed by atoms with Crippen LogP contribution in [0.1, 0.15) is 60.0 Å². The second kappa shape index (κ2) is 11.2. The van der Waals surface area contributed by atoms with E-state index in [4.69, 9.17) is 4.74 Å². The molecule has 2 aliphatic carbocycles. The lowest BCUT2D eigenvalue weighted by molar-refractivity contribution is 0.204. The molecule has 0 bridgehead atoms. The fraction of sp³-hybridized carbons (Fsp3) is 0.159. The predicted octanol–water partition coefficient (Wildman–Crippen LogP) is 10.2. The molecule has 0 spiro atoms. The zero-order valence-electron chi connectivity index (χ0n) is 26.9. The molecule has 4 nitrogen and oxygen atoms in total. The second-order valence-corrected chi connectivity index (χ2v) is 13.4. The molecule has 9 rings (SSSR count). The van der Waals surface area contributed by atoms with Gasteiger partial charge in [0.05, 0.1) is 23.2 Å². The number of aromatic nitrogens is 1. The molecule has 4 aliphatic rings. The zero-order valence-corrected chi connectivity index (χ0v) is 26.9. The molecule has 3 heterocycles. The summed E-state index contributed by atoms with van der Waals surface area (Å²) in [7, 11) is 0. The van der Waals surface area contributed by atoms with E-state index in [9.17, 15) is 5.26 Å². The van der Waals surface area contributed by atoms with Gasteiger partial charge in [-0.25, -0.2) is 0 Å². The molecule has 0 saturated heterocycles. The highest BCUT2D eigenvalue weighted by Crippen LogP contribution is 2.44. The first-order valence-corrected chi connectivity index (χ1v) is 16.8. The van der Waals surface area contributed by atoms with E-state index in [1.807, 2.05) is 12.1 Å². The summed E-state index contributed by atoms with van der Waals surface area (Å²) < 4.78 is 8.86. The van der Waals surface area contributed by atoms with E-state index >= 15 is 0 Å². The van der Waals surface area contributed by atoms with Crippen molar-refractivity contribution in [3.8, 4) is 6.07 Å². The summed E-state index contributed by atoms with van der Waals surface area (Å²) in [6.45, 7) is 2.86. The van der Waals surface area contributed by atoms with Gasteiger partial charge in [0.1, 0.15) is 12.4 Å². The molecular weight excluding hydrogens is 587 g/mol. The number of fused-ring (bicyclic) bond motifs is 5. The minimum absolute atomic E-state index is 0.121. The van der Waals surface area contributed by atoms with Crippen LogP contribution in [0.4, 0.5) is 0 Å². The molecule has 0 fully saturated rings. The van der Waals surface area contributed by atoms with Gasteiger partial charge in [0.2, 0.25) is 0 Å². The van der Waals surface area contributed by atoms with Crippen LogP contribution in [0, 0.1) is 11.3 Å². The van der Waals surface area contributed by atoms with Crippen LogP contribution < -0.4 is 5.32 Å². The van der Waals surface area contributed by atoms with Crippen LogP contribution >= 0.6 is 0 Å². The number of hydrogen-bond donors (Lipinski definition) is 1. The monoisotopic (exact) mass is 621 g/mol. The molecule has 0 radical (unpaired) electrons. The Labute approximate surface area is 281 Å². The summed E-state index contributed by atoms with van der Waals surface area (Å²) in [5, 5.41) is 15.8. The quantitative estimate of drug-likeness (QED) is 0.217. The molecule has 5 aromatic rings. The first-order valence-electron chi connectivity index (χ1n) is 16.8. The third kappa shape index (κ3) is 4.66. The Kier molecular flexibility index (Phi) is 6.62. The van der Waals surface area contributed by atoms with Gasteiger partial charge >= 0.3 is 0 Å². The van der Waals surface area contributed by atoms with Crippen LogP contribution in [-0.4, -0.2) is 10.1 Å². The van der Waals surface area contributed by atoms with E-state index in [0.717, 1.165) is 41.6 Å². The Hall–Kier alpha value is -5.79. The molecule has 2 atom stereocenters. The van der Waals surface area contributed by atoms with Crippen LogP contribution in [0.15, 0.2) is 145 Å². The van der Waals surface area contributed by atoms with Crippen molar-refractivity contribution >= 4 is 38.6 Å². The molecule has 4 aromatic carbocycles. The Balaban J connectivity index is 1.10. The highest BCUT2D eigenvalue weighted by atomic mass is 16.5. The number of nitrogens with one attached hydrogen (secondary N) is 1. The van der Waals surface area contributed by atoms with Crippen molar-refractivity contribution in [3.63, 3.8) is 0 Å². The highest BCUT2D eigenvalue weighted by molar-refractivity contribution is 6.08. The van der Waals surface area contributed by atoms with Gasteiger partial charge in [0.25, 0.3) is 0 Å². The average Bonchev–Trinajstić information content (AvgIpc) is 3.48. The SMILES string of the molecule is CC1(C2=CC=CCC2)C=C(c2ccc3c(c2)COC2=C3CC(n3c4ccccc4c4cc(C#N)ccc43)C=C2)C=C(c2ccccc2)N1. The van der Waals surface area contributed by atoms with Gasteiger partial charge in [0, 0.05) is 39.5 Å². The molecule has 1 N–H and O–H groups in total. The third-order valence-corrected chi connectivity index (χ3v) is 10.4. The number of hydrogen-bond acceptors (Lipinski definition) is 3. The topological polar surface area (TPSA) is 50.0 Å².